The number of thiophene rings is 1. The van der Waals surface area contributed by atoms with Gasteiger partial charge in [0.2, 0.25) is 0 Å². The average molecular weight is 380 g/mol. The summed E-state index contributed by atoms with van der Waals surface area (Å²) in [5.74, 6) is 2.75. The molecule has 0 aliphatic heterocycles. The van der Waals surface area contributed by atoms with Crippen LogP contribution in [0.4, 0.5) is 0 Å². The van der Waals surface area contributed by atoms with Gasteiger partial charge in [-0.3, -0.25) is 0 Å². The summed E-state index contributed by atoms with van der Waals surface area (Å²) in [6, 6.07) is 5.73. The highest BCUT2D eigenvalue weighted by Crippen LogP contribution is 2.39. The van der Waals surface area contributed by atoms with Crippen molar-refractivity contribution in [3.63, 3.8) is 0 Å². The summed E-state index contributed by atoms with van der Waals surface area (Å²) in [4.78, 5) is 12.0. The minimum absolute atomic E-state index is 0.661. The molecule has 1 aliphatic rings. The smallest absolute Gasteiger partial charge is 0.182 e. The molecule has 0 saturated heterocycles. The number of hydrogen-bond donors (Lipinski definition) is 0. The van der Waals surface area contributed by atoms with E-state index in [0.717, 1.165) is 34.8 Å². The van der Waals surface area contributed by atoms with Gasteiger partial charge in [0.15, 0.2) is 23.0 Å². The largest absolute Gasteiger partial charge is 0.493 e. The van der Waals surface area contributed by atoms with Gasteiger partial charge in [-0.2, -0.15) is 0 Å². The zero-order chi connectivity index (χ0) is 18.5. The third kappa shape index (κ3) is 2.56. The molecule has 0 unspecified atom stereocenters. The summed E-state index contributed by atoms with van der Waals surface area (Å²) in [5.41, 5.74) is 3.19. The molecule has 0 saturated carbocycles. The molecule has 1 aromatic carbocycles. The lowest BCUT2D eigenvalue weighted by Gasteiger charge is -2.17. The number of nitrogens with zero attached hydrogens (tertiary/aromatic N) is 4. The van der Waals surface area contributed by atoms with E-state index >= 15 is 0 Å². The van der Waals surface area contributed by atoms with Crippen LogP contribution in [0.1, 0.15) is 23.8 Å². The van der Waals surface area contributed by atoms with E-state index < -0.39 is 0 Å². The molecular weight excluding hydrogens is 360 g/mol. The second kappa shape index (κ2) is 6.20. The van der Waals surface area contributed by atoms with Crippen LogP contribution in [0.5, 0.6) is 11.5 Å². The predicted octanol–water partition coefficient (Wildman–Crippen LogP) is 4.15. The Morgan fingerprint density at radius 1 is 1.19 bits per heavy atom. The van der Waals surface area contributed by atoms with Crippen LogP contribution in [-0.2, 0) is 12.8 Å². The molecule has 0 spiro atoms. The Morgan fingerprint density at radius 2 is 2.04 bits per heavy atom. The lowest BCUT2D eigenvalue weighted by atomic mass is 9.89. The first kappa shape index (κ1) is 16.5. The lowest BCUT2D eigenvalue weighted by Crippen LogP contribution is -2.08. The van der Waals surface area contributed by atoms with Crippen LogP contribution in [0.15, 0.2) is 24.5 Å². The second-order valence-corrected chi connectivity index (χ2v) is 8.13. The molecule has 0 N–H and O–H groups in total. The minimum atomic E-state index is 0.661. The number of rotatable bonds is 3. The van der Waals surface area contributed by atoms with Crippen LogP contribution >= 0.6 is 11.3 Å². The summed E-state index contributed by atoms with van der Waals surface area (Å²) < 4.78 is 12.5. The van der Waals surface area contributed by atoms with E-state index in [1.54, 1.807) is 36.4 Å². The summed E-state index contributed by atoms with van der Waals surface area (Å²) in [6.07, 6.45) is 5.21. The van der Waals surface area contributed by atoms with E-state index in [-0.39, 0.29) is 0 Å². The number of benzene rings is 1. The van der Waals surface area contributed by atoms with E-state index in [1.807, 2.05) is 18.2 Å². The zero-order valence-electron chi connectivity index (χ0n) is 15.5. The van der Waals surface area contributed by atoms with Crippen LogP contribution in [0.2, 0.25) is 0 Å². The number of ether oxygens (including phenoxy) is 2. The van der Waals surface area contributed by atoms with E-state index in [9.17, 15) is 0 Å². The molecule has 3 aromatic heterocycles. The van der Waals surface area contributed by atoms with Crippen molar-refractivity contribution in [2.75, 3.05) is 14.2 Å². The number of fused-ring (bicyclic) bond motifs is 5. The van der Waals surface area contributed by atoms with Gasteiger partial charge in [-0.1, -0.05) is 6.92 Å². The highest BCUT2D eigenvalue weighted by atomic mass is 32.1. The van der Waals surface area contributed by atoms with Crippen molar-refractivity contribution in [2.24, 2.45) is 5.92 Å². The van der Waals surface area contributed by atoms with E-state index in [4.69, 9.17) is 14.5 Å². The molecule has 0 amide bonds. The van der Waals surface area contributed by atoms with Crippen LogP contribution in [0.25, 0.3) is 27.3 Å². The Hall–Kier alpha value is -2.67. The average Bonchev–Trinajstić information content (AvgIpc) is 3.27. The Balaban J connectivity index is 1.69. The molecule has 0 radical (unpaired) electrons. The summed E-state index contributed by atoms with van der Waals surface area (Å²) in [5, 5.41) is 5.83. The Bertz CT molecular complexity index is 1160. The van der Waals surface area contributed by atoms with Crippen molar-refractivity contribution < 1.29 is 9.47 Å². The molecule has 27 heavy (non-hydrogen) atoms. The standard InChI is InChI=1S/C20H20N4O2S/c1-11-4-6-13-16(8-11)27-20-17(13)19-22-18(23-24(19)10-21-20)12-5-7-14(25-2)15(9-12)26-3/h5,7,9-11H,4,6,8H2,1-3H3/t11-/m0/s1. The van der Waals surface area contributed by atoms with Crippen molar-refractivity contribution in [2.45, 2.75) is 26.2 Å². The first-order chi connectivity index (χ1) is 13.2. The van der Waals surface area contributed by atoms with Gasteiger partial charge in [-0.25, -0.2) is 14.5 Å². The van der Waals surface area contributed by atoms with Crippen molar-refractivity contribution >= 4 is 27.2 Å². The maximum absolute atomic E-state index is 5.42. The highest BCUT2D eigenvalue weighted by Gasteiger charge is 2.23. The third-order valence-electron chi connectivity index (χ3n) is 5.27. The summed E-state index contributed by atoms with van der Waals surface area (Å²) >= 11 is 1.81. The van der Waals surface area contributed by atoms with Crippen LogP contribution in [-0.4, -0.2) is 33.8 Å². The van der Waals surface area contributed by atoms with Gasteiger partial charge in [-0.05, 0) is 48.9 Å². The van der Waals surface area contributed by atoms with Crippen molar-refractivity contribution in [1.29, 1.82) is 0 Å². The number of methoxy groups -OCH3 is 2. The second-order valence-electron chi connectivity index (χ2n) is 7.05. The normalized spacial score (nSPS) is 16.6. The van der Waals surface area contributed by atoms with Gasteiger partial charge in [0.1, 0.15) is 11.2 Å². The van der Waals surface area contributed by atoms with Gasteiger partial charge >= 0.3 is 0 Å². The predicted molar refractivity (Wildman–Crippen MR) is 106 cm³/mol. The molecular formula is C20H20N4O2S. The maximum Gasteiger partial charge on any atom is 0.182 e. The monoisotopic (exact) mass is 380 g/mol. The molecule has 138 valence electrons. The summed E-state index contributed by atoms with van der Waals surface area (Å²) in [6.45, 7) is 2.32. The molecule has 7 heteroatoms. The Kier molecular flexibility index (Phi) is 3.79. The first-order valence-corrected chi connectivity index (χ1v) is 9.87. The molecule has 1 atom stereocenters. The van der Waals surface area contributed by atoms with Crippen molar-refractivity contribution in [3.05, 3.63) is 35.0 Å². The molecule has 4 aromatic rings. The van der Waals surface area contributed by atoms with Crippen LogP contribution in [0, 0.1) is 5.92 Å². The van der Waals surface area contributed by atoms with Crippen molar-refractivity contribution in [1.82, 2.24) is 19.6 Å². The van der Waals surface area contributed by atoms with Gasteiger partial charge in [0.05, 0.1) is 19.6 Å². The highest BCUT2D eigenvalue weighted by molar-refractivity contribution is 7.19. The Labute approximate surface area is 160 Å². The van der Waals surface area contributed by atoms with Gasteiger partial charge < -0.3 is 9.47 Å². The minimum Gasteiger partial charge on any atom is -0.493 e. The van der Waals surface area contributed by atoms with Crippen LogP contribution < -0.4 is 9.47 Å². The number of aryl methyl sites for hydroxylation is 1. The number of hydrogen-bond acceptors (Lipinski definition) is 6. The fourth-order valence-electron chi connectivity index (χ4n) is 3.84. The lowest BCUT2D eigenvalue weighted by molar-refractivity contribution is 0.355. The molecule has 1 aliphatic carbocycles. The molecule has 6 nitrogen and oxygen atoms in total. The van der Waals surface area contributed by atoms with E-state index in [2.05, 4.69) is 17.0 Å². The molecule has 5 rings (SSSR count). The molecule has 3 heterocycles. The van der Waals surface area contributed by atoms with Crippen molar-refractivity contribution in [3.8, 4) is 22.9 Å². The van der Waals surface area contributed by atoms with E-state index in [1.165, 1.54) is 22.2 Å². The van der Waals surface area contributed by atoms with Gasteiger partial charge in [-0.15, -0.1) is 16.4 Å². The SMILES string of the molecule is COc1ccc(-c2nc3c4c5c(sc4ncn3n2)C[C@@H](C)CC5)cc1OC. The maximum atomic E-state index is 5.42. The number of aromatic nitrogens is 4. The fourth-order valence-corrected chi connectivity index (χ4v) is 5.18. The molecule has 0 bridgehead atoms. The molecule has 0 fully saturated rings. The quantitative estimate of drug-likeness (QED) is 0.534. The Morgan fingerprint density at radius 3 is 2.85 bits per heavy atom. The van der Waals surface area contributed by atoms with Gasteiger partial charge in [0.25, 0.3) is 0 Å². The topological polar surface area (TPSA) is 61.5 Å². The first-order valence-electron chi connectivity index (χ1n) is 9.06. The zero-order valence-corrected chi connectivity index (χ0v) is 16.3. The van der Waals surface area contributed by atoms with Crippen LogP contribution in [0.3, 0.4) is 0 Å². The fraction of sp³-hybridized carbons (Fsp3) is 0.350. The van der Waals surface area contributed by atoms with Gasteiger partial charge in [0, 0.05) is 10.4 Å². The summed E-state index contributed by atoms with van der Waals surface area (Å²) in [7, 11) is 3.26. The van der Waals surface area contributed by atoms with E-state index in [0.29, 0.717) is 17.3 Å². The third-order valence-corrected chi connectivity index (χ3v) is 6.44.